The standard InChI is InChI=1S/C7H9BO4S/c1-5-2-3-6(8(9)10)7(4-5)13(11)12/h2-4,6,9-10H,1H3. The average molecular weight is 200 g/mol. The minimum absolute atomic E-state index is 0.00926. The van der Waals surface area contributed by atoms with E-state index in [0.29, 0.717) is 0 Å². The van der Waals surface area contributed by atoms with E-state index in [0.717, 1.165) is 5.57 Å². The highest BCUT2D eigenvalue weighted by atomic mass is 32.2. The molecule has 0 saturated heterocycles. The maximum atomic E-state index is 10.7. The predicted molar refractivity (Wildman–Crippen MR) is 50.8 cm³/mol. The fraction of sp³-hybridized carbons (Fsp3) is 0.286. The zero-order chi connectivity index (χ0) is 10.0. The summed E-state index contributed by atoms with van der Waals surface area (Å²) in [7, 11) is -4.08. The molecule has 13 heavy (non-hydrogen) atoms. The summed E-state index contributed by atoms with van der Waals surface area (Å²) in [5, 5.41) is 17.7. The van der Waals surface area contributed by atoms with Gasteiger partial charge in [0.05, 0.1) is 10.7 Å². The van der Waals surface area contributed by atoms with Crippen molar-refractivity contribution >= 4 is 22.3 Å². The summed E-state index contributed by atoms with van der Waals surface area (Å²) in [4.78, 5) is 0.00926. The summed E-state index contributed by atoms with van der Waals surface area (Å²) >= 11 is 0. The lowest BCUT2D eigenvalue weighted by atomic mass is 9.69. The summed E-state index contributed by atoms with van der Waals surface area (Å²) < 4.78 is 21.4. The molecule has 6 heteroatoms. The molecule has 2 N–H and O–H groups in total. The molecule has 1 rings (SSSR count). The Balaban J connectivity index is 3.18. The van der Waals surface area contributed by atoms with Crippen molar-refractivity contribution in [3.05, 3.63) is 23.8 Å². The molecule has 4 nitrogen and oxygen atoms in total. The van der Waals surface area contributed by atoms with Crippen molar-refractivity contribution in [2.75, 3.05) is 0 Å². The number of hydrogen-bond acceptors (Lipinski definition) is 4. The summed E-state index contributed by atoms with van der Waals surface area (Å²) in [5.74, 6) is -0.845. The Morgan fingerprint density at radius 3 is 2.54 bits per heavy atom. The molecule has 1 atom stereocenters. The van der Waals surface area contributed by atoms with Crippen molar-refractivity contribution in [2.24, 2.45) is 0 Å². The van der Waals surface area contributed by atoms with Crippen LogP contribution in [0.4, 0.5) is 0 Å². The third-order valence-corrected chi connectivity index (χ3v) is 2.55. The second-order valence-corrected chi connectivity index (χ2v) is 3.76. The largest absolute Gasteiger partial charge is 0.464 e. The zero-order valence-electron chi connectivity index (χ0n) is 7.01. The van der Waals surface area contributed by atoms with Gasteiger partial charge in [-0.25, -0.2) is 0 Å². The van der Waals surface area contributed by atoms with E-state index in [9.17, 15) is 8.42 Å². The molecule has 1 aliphatic carbocycles. The van der Waals surface area contributed by atoms with E-state index in [1.54, 1.807) is 13.0 Å². The van der Waals surface area contributed by atoms with Gasteiger partial charge in [0.2, 0.25) is 10.3 Å². The van der Waals surface area contributed by atoms with E-state index >= 15 is 0 Å². The molecule has 0 saturated carbocycles. The van der Waals surface area contributed by atoms with E-state index in [4.69, 9.17) is 10.0 Å². The summed E-state index contributed by atoms with van der Waals surface area (Å²) in [6, 6.07) is 0. The highest BCUT2D eigenvalue weighted by molar-refractivity contribution is 7.73. The molecule has 1 unspecified atom stereocenters. The molecule has 0 aromatic rings. The molecule has 0 spiro atoms. The molecule has 0 heterocycles. The van der Waals surface area contributed by atoms with Gasteiger partial charge >= 0.3 is 7.12 Å². The van der Waals surface area contributed by atoms with Gasteiger partial charge in [0.25, 0.3) is 0 Å². The van der Waals surface area contributed by atoms with Crippen LogP contribution in [0.15, 0.2) is 23.8 Å². The van der Waals surface area contributed by atoms with Gasteiger partial charge in [-0.3, -0.25) is 0 Å². The Morgan fingerprint density at radius 2 is 2.08 bits per heavy atom. The molecule has 0 radical (unpaired) electrons. The van der Waals surface area contributed by atoms with Crippen LogP contribution < -0.4 is 0 Å². The maximum Gasteiger partial charge on any atom is 0.464 e. The highest BCUT2D eigenvalue weighted by Crippen LogP contribution is 2.19. The van der Waals surface area contributed by atoms with E-state index in [1.165, 1.54) is 12.2 Å². The van der Waals surface area contributed by atoms with E-state index in [1.807, 2.05) is 0 Å². The Labute approximate surface area is 77.9 Å². The zero-order valence-corrected chi connectivity index (χ0v) is 7.82. The molecule has 70 valence electrons. The van der Waals surface area contributed by atoms with Crippen LogP contribution in [0.2, 0.25) is 5.82 Å². The second-order valence-electron chi connectivity index (χ2n) is 2.82. The van der Waals surface area contributed by atoms with Crippen molar-refractivity contribution in [3.63, 3.8) is 0 Å². The van der Waals surface area contributed by atoms with Crippen LogP contribution in [0.5, 0.6) is 0 Å². The SMILES string of the molecule is CC1=CC(=S(=O)=O)C(B(O)O)C=C1. The van der Waals surface area contributed by atoms with Crippen molar-refractivity contribution in [3.8, 4) is 0 Å². The molecule has 0 bridgehead atoms. The third kappa shape index (κ3) is 2.30. The maximum absolute atomic E-state index is 10.7. The Bertz CT molecular complexity index is 383. The lowest BCUT2D eigenvalue weighted by molar-refractivity contribution is 0.405. The monoisotopic (exact) mass is 200 g/mol. The predicted octanol–water partition coefficient (Wildman–Crippen LogP) is -0.603. The van der Waals surface area contributed by atoms with E-state index in [2.05, 4.69) is 0 Å². The van der Waals surface area contributed by atoms with Crippen LogP contribution >= 0.6 is 0 Å². The minimum Gasteiger partial charge on any atom is -0.426 e. The second kappa shape index (κ2) is 3.91. The summed E-state index contributed by atoms with van der Waals surface area (Å²) in [6.45, 7) is 1.74. The van der Waals surface area contributed by atoms with Gasteiger partial charge in [0.15, 0.2) is 0 Å². The molecule has 1 aliphatic rings. The lowest BCUT2D eigenvalue weighted by Crippen LogP contribution is -2.26. The van der Waals surface area contributed by atoms with Crippen molar-refractivity contribution in [2.45, 2.75) is 12.7 Å². The molecule has 0 amide bonds. The van der Waals surface area contributed by atoms with Gasteiger partial charge in [-0.1, -0.05) is 17.7 Å². The fourth-order valence-electron chi connectivity index (χ4n) is 1.12. The average Bonchev–Trinajstić information content (AvgIpc) is 2.03. The van der Waals surface area contributed by atoms with Gasteiger partial charge < -0.3 is 10.0 Å². The third-order valence-electron chi connectivity index (χ3n) is 1.78. The van der Waals surface area contributed by atoms with Crippen LogP contribution in [-0.4, -0.2) is 30.4 Å². The number of hydrogen-bond donors (Lipinski definition) is 2. The number of rotatable bonds is 1. The van der Waals surface area contributed by atoms with Crippen LogP contribution in [0.1, 0.15) is 6.92 Å². The smallest absolute Gasteiger partial charge is 0.426 e. The highest BCUT2D eigenvalue weighted by Gasteiger charge is 2.27. The molecule has 0 aliphatic heterocycles. The molecular weight excluding hydrogens is 191 g/mol. The van der Waals surface area contributed by atoms with Crippen LogP contribution in [0.3, 0.4) is 0 Å². The first-order valence-corrected chi connectivity index (χ1v) is 4.78. The first-order chi connectivity index (χ1) is 6.02. The van der Waals surface area contributed by atoms with Crippen LogP contribution in [0, 0.1) is 0 Å². The molecule has 0 aromatic heterocycles. The van der Waals surface area contributed by atoms with Crippen molar-refractivity contribution < 1.29 is 18.5 Å². The van der Waals surface area contributed by atoms with Gasteiger partial charge in [-0.15, -0.1) is 0 Å². The van der Waals surface area contributed by atoms with Gasteiger partial charge in [-0.2, -0.15) is 8.42 Å². The number of allylic oxidation sites excluding steroid dienone is 4. The Kier molecular flexibility index (Phi) is 3.08. The van der Waals surface area contributed by atoms with Gasteiger partial charge in [0, 0.05) is 0 Å². The first kappa shape index (κ1) is 10.2. The van der Waals surface area contributed by atoms with Crippen molar-refractivity contribution in [1.82, 2.24) is 0 Å². The Hall–Kier alpha value is -0.845. The summed E-state index contributed by atoms with van der Waals surface area (Å²) in [6.07, 6.45) is 4.54. The van der Waals surface area contributed by atoms with Crippen LogP contribution in [-0.2, 0) is 10.3 Å². The van der Waals surface area contributed by atoms with Crippen molar-refractivity contribution in [1.29, 1.82) is 0 Å². The van der Waals surface area contributed by atoms with Gasteiger partial charge in [0.1, 0.15) is 0 Å². The van der Waals surface area contributed by atoms with Gasteiger partial charge in [-0.05, 0) is 13.0 Å². The molecular formula is C7H9BO4S. The Morgan fingerprint density at radius 1 is 1.46 bits per heavy atom. The normalized spacial score (nSPS) is 21.3. The quantitative estimate of drug-likeness (QED) is 0.437. The fourth-order valence-corrected chi connectivity index (χ4v) is 1.83. The van der Waals surface area contributed by atoms with Crippen LogP contribution in [0.25, 0.3) is 0 Å². The molecule has 0 fully saturated rings. The molecule has 0 aromatic carbocycles. The summed E-state index contributed by atoms with van der Waals surface area (Å²) in [5.41, 5.74) is 0.774. The lowest BCUT2D eigenvalue weighted by Gasteiger charge is -2.13. The minimum atomic E-state index is -2.40. The topological polar surface area (TPSA) is 74.6 Å². The van der Waals surface area contributed by atoms with E-state index < -0.39 is 23.2 Å². The van der Waals surface area contributed by atoms with E-state index in [-0.39, 0.29) is 4.86 Å². The first-order valence-electron chi connectivity index (χ1n) is 3.71.